The summed E-state index contributed by atoms with van der Waals surface area (Å²) in [6.45, 7) is 0.377. The number of hydrogen-bond donors (Lipinski definition) is 0. The van der Waals surface area contributed by atoms with E-state index in [0.717, 1.165) is 11.3 Å². The molecule has 2 aromatic carbocycles. The Bertz CT molecular complexity index is 873. The van der Waals surface area contributed by atoms with E-state index in [2.05, 4.69) is 0 Å². The lowest BCUT2D eigenvalue weighted by molar-refractivity contribution is -0.154. The first-order chi connectivity index (χ1) is 14.1. The van der Waals surface area contributed by atoms with E-state index in [0.29, 0.717) is 24.3 Å². The molecule has 2 aliphatic rings. The molecule has 0 bridgehead atoms. The van der Waals surface area contributed by atoms with E-state index in [1.165, 1.54) is 0 Å². The van der Waals surface area contributed by atoms with Gasteiger partial charge in [-0.25, -0.2) is 4.79 Å². The molecule has 0 N–H and O–H groups in total. The number of rotatable bonds is 7. The number of fused-ring (bicyclic) bond motifs is 1. The van der Waals surface area contributed by atoms with Crippen molar-refractivity contribution in [3.05, 3.63) is 60.2 Å². The molecule has 1 amide bonds. The van der Waals surface area contributed by atoms with E-state index in [1.54, 1.807) is 48.0 Å². The number of carbonyl (C=O) groups is 2. The highest BCUT2D eigenvalue weighted by molar-refractivity contribution is 8.00. The smallest absolute Gasteiger partial charge is 0.329 e. The number of nitrogens with zero attached hydrogens (tertiary/aromatic N) is 1. The van der Waals surface area contributed by atoms with Gasteiger partial charge in [-0.1, -0.05) is 30.3 Å². The number of amides is 1. The molecular weight excluding hydrogens is 390 g/mol. The van der Waals surface area contributed by atoms with Crippen LogP contribution in [0.2, 0.25) is 0 Å². The second-order valence-corrected chi connectivity index (χ2v) is 8.23. The summed E-state index contributed by atoms with van der Waals surface area (Å²) in [5.74, 6) is 1.61. The summed E-state index contributed by atoms with van der Waals surface area (Å²) in [5.41, 5.74) is 1.06. The van der Waals surface area contributed by atoms with Crippen LogP contribution in [0.1, 0.15) is 18.4 Å². The number of methoxy groups -OCH3 is 1. The molecule has 2 saturated heterocycles. The molecule has 2 aromatic rings. The minimum absolute atomic E-state index is 0.00952. The maximum atomic E-state index is 12.7. The zero-order valence-electron chi connectivity index (χ0n) is 16.2. The highest BCUT2D eigenvalue weighted by Gasteiger charge is 2.57. The van der Waals surface area contributed by atoms with E-state index < -0.39 is 10.9 Å². The number of ether oxygens (including phenoxy) is 3. The molecule has 4 rings (SSSR count). The Labute approximate surface area is 174 Å². The minimum Gasteiger partial charge on any atom is -0.497 e. The summed E-state index contributed by atoms with van der Waals surface area (Å²) < 4.78 is 16.1. The Morgan fingerprint density at radius 1 is 1.10 bits per heavy atom. The van der Waals surface area contributed by atoms with Crippen LogP contribution in [0.15, 0.2) is 54.6 Å². The highest BCUT2D eigenvalue weighted by atomic mass is 32.2. The molecule has 0 unspecified atom stereocenters. The average molecular weight is 413 g/mol. The van der Waals surface area contributed by atoms with Crippen molar-refractivity contribution in [2.24, 2.45) is 0 Å². The molecule has 2 heterocycles. The zero-order chi connectivity index (χ0) is 20.3. The minimum atomic E-state index is -0.559. The van der Waals surface area contributed by atoms with E-state index in [1.807, 2.05) is 30.3 Å². The standard InChI is InChI=1S/C22H23NO5S/c1-26-17-7-9-18(10-8-17)27-13-14-28-21(25)19-15-29-22(12-11-20(24)23(19)22)16-5-3-2-4-6-16/h2-10,19H,11-15H2,1H3/t19-,22-/m0/s1. The van der Waals surface area contributed by atoms with Crippen LogP contribution in [0.5, 0.6) is 11.5 Å². The van der Waals surface area contributed by atoms with E-state index >= 15 is 0 Å². The Morgan fingerprint density at radius 2 is 1.83 bits per heavy atom. The molecule has 0 radical (unpaired) electrons. The summed E-state index contributed by atoms with van der Waals surface area (Å²) in [4.78, 5) is 26.6. The summed E-state index contributed by atoms with van der Waals surface area (Å²) >= 11 is 1.65. The van der Waals surface area contributed by atoms with Gasteiger partial charge in [0.05, 0.1) is 7.11 Å². The molecule has 2 fully saturated rings. The molecule has 0 spiro atoms. The molecule has 0 aliphatic carbocycles. The summed E-state index contributed by atoms with van der Waals surface area (Å²) in [5, 5.41) is 0. The van der Waals surface area contributed by atoms with Gasteiger partial charge in [0.1, 0.15) is 35.6 Å². The fourth-order valence-corrected chi connectivity index (χ4v) is 5.52. The van der Waals surface area contributed by atoms with Crippen molar-refractivity contribution < 1.29 is 23.8 Å². The Morgan fingerprint density at radius 3 is 2.55 bits per heavy atom. The van der Waals surface area contributed by atoms with E-state index in [4.69, 9.17) is 14.2 Å². The molecule has 0 saturated carbocycles. The third kappa shape index (κ3) is 3.79. The molecule has 2 aliphatic heterocycles. The van der Waals surface area contributed by atoms with Crippen LogP contribution in [0, 0.1) is 0 Å². The Kier molecular flexibility index (Phi) is 5.67. The second kappa shape index (κ2) is 8.37. The van der Waals surface area contributed by atoms with Crippen LogP contribution in [0.3, 0.4) is 0 Å². The van der Waals surface area contributed by atoms with Crippen molar-refractivity contribution in [1.82, 2.24) is 4.90 Å². The van der Waals surface area contributed by atoms with Crippen molar-refractivity contribution in [2.75, 3.05) is 26.1 Å². The highest BCUT2D eigenvalue weighted by Crippen LogP contribution is 2.54. The van der Waals surface area contributed by atoms with E-state index in [-0.39, 0.29) is 25.1 Å². The summed E-state index contributed by atoms with van der Waals surface area (Å²) in [6.07, 6.45) is 1.16. The Balaban J connectivity index is 1.35. The van der Waals surface area contributed by atoms with Crippen molar-refractivity contribution in [3.8, 4) is 11.5 Å². The lowest BCUT2D eigenvalue weighted by Crippen LogP contribution is -2.46. The van der Waals surface area contributed by atoms with Gasteiger partial charge < -0.3 is 19.1 Å². The van der Waals surface area contributed by atoms with Crippen molar-refractivity contribution >= 4 is 23.6 Å². The van der Waals surface area contributed by atoms with Gasteiger partial charge in [-0.05, 0) is 36.2 Å². The van der Waals surface area contributed by atoms with Crippen LogP contribution in [0.4, 0.5) is 0 Å². The zero-order valence-corrected chi connectivity index (χ0v) is 17.0. The van der Waals surface area contributed by atoms with Gasteiger partial charge in [-0.2, -0.15) is 0 Å². The molecule has 6 nitrogen and oxygen atoms in total. The van der Waals surface area contributed by atoms with Crippen molar-refractivity contribution in [3.63, 3.8) is 0 Å². The van der Waals surface area contributed by atoms with Gasteiger partial charge in [0, 0.05) is 12.2 Å². The quantitative estimate of drug-likeness (QED) is 0.513. The maximum Gasteiger partial charge on any atom is 0.329 e. The van der Waals surface area contributed by atoms with Gasteiger partial charge >= 0.3 is 5.97 Å². The molecule has 0 aromatic heterocycles. The fraction of sp³-hybridized carbons (Fsp3) is 0.364. The predicted molar refractivity (Wildman–Crippen MR) is 110 cm³/mol. The third-order valence-electron chi connectivity index (χ3n) is 5.28. The second-order valence-electron chi connectivity index (χ2n) is 6.93. The number of esters is 1. The van der Waals surface area contributed by atoms with Gasteiger partial charge in [0.15, 0.2) is 0 Å². The summed E-state index contributed by atoms with van der Waals surface area (Å²) in [7, 11) is 1.61. The topological polar surface area (TPSA) is 65.1 Å². The largest absolute Gasteiger partial charge is 0.497 e. The predicted octanol–water partition coefficient (Wildman–Crippen LogP) is 3.21. The summed E-state index contributed by atoms with van der Waals surface area (Å²) in [6, 6.07) is 16.6. The van der Waals surface area contributed by atoms with Crippen LogP contribution >= 0.6 is 11.8 Å². The van der Waals surface area contributed by atoms with Crippen molar-refractivity contribution in [1.29, 1.82) is 0 Å². The first-order valence-corrected chi connectivity index (χ1v) is 10.6. The lowest BCUT2D eigenvalue weighted by Gasteiger charge is -2.33. The van der Waals surface area contributed by atoms with Crippen LogP contribution < -0.4 is 9.47 Å². The SMILES string of the molecule is COc1ccc(OCCOC(=O)[C@@H]2CS[C@]3(c4ccccc4)CCC(=O)N23)cc1. The van der Waals surface area contributed by atoms with Crippen LogP contribution in [0.25, 0.3) is 0 Å². The third-order valence-corrected chi connectivity index (χ3v) is 6.88. The molecule has 7 heteroatoms. The van der Waals surface area contributed by atoms with Crippen molar-refractivity contribution in [2.45, 2.75) is 23.8 Å². The van der Waals surface area contributed by atoms with Crippen LogP contribution in [-0.2, 0) is 19.2 Å². The van der Waals surface area contributed by atoms with E-state index in [9.17, 15) is 9.59 Å². The molecular formula is C22H23NO5S. The number of hydrogen-bond acceptors (Lipinski definition) is 6. The van der Waals surface area contributed by atoms with Gasteiger partial charge in [0.25, 0.3) is 0 Å². The average Bonchev–Trinajstić information content (AvgIpc) is 3.31. The van der Waals surface area contributed by atoms with Gasteiger partial charge in [-0.15, -0.1) is 11.8 Å². The normalized spacial score (nSPS) is 23.0. The molecule has 152 valence electrons. The fourth-order valence-electron chi connectivity index (χ4n) is 3.89. The van der Waals surface area contributed by atoms with Gasteiger partial charge in [0.2, 0.25) is 5.91 Å². The first kappa shape index (κ1) is 19.6. The maximum absolute atomic E-state index is 12.7. The Hall–Kier alpha value is -2.67. The lowest BCUT2D eigenvalue weighted by atomic mass is 10.0. The number of benzene rings is 2. The monoisotopic (exact) mass is 413 g/mol. The van der Waals surface area contributed by atoms with Gasteiger partial charge in [-0.3, -0.25) is 4.79 Å². The molecule has 29 heavy (non-hydrogen) atoms. The molecule has 2 atom stereocenters. The number of thioether (sulfide) groups is 1. The number of carbonyl (C=O) groups excluding carboxylic acids is 2. The first-order valence-electron chi connectivity index (χ1n) is 9.59. The van der Waals surface area contributed by atoms with Crippen LogP contribution in [-0.4, -0.2) is 48.9 Å².